The molecule has 3 amide bonds. The zero-order valence-electron chi connectivity index (χ0n) is 25.2. The summed E-state index contributed by atoms with van der Waals surface area (Å²) in [5, 5.41) is 6.30. The average molecular weight is 570 g/mol. The monoisotopic (exact) mass is 569 g/mol. The largest absolute Gasteiger partial charge is 0.372 e. The molecule has 3 saturated heterocycles. The first-order valence-electron chi connectivity index (χ1n) is 15.1. The summed E-state index contributed by atoms with van der Waals surface area (Å²) in [5.41, 5.74) is 1.56. The summed E-state index contributed by atoms with van der Waals surface area (Å²) >= 11 is 0. The number of anilines is 1. The van der Waals surface area contributed by atoms with Crippen LogP contribution in [0.25, 0.3) is 0 Å². The van der Waals surface area contributed by atoms with Crippen molar-refractivity contribution in [2.24, 2.45) is 11.8 Å². The van der Waals surface area contributed by atoms with Crippen LogP contribution in [0.3, 0.4) is 0 Å². The Morgan fingerprint density at radius 1 is 0.951 bits per heavy atom. The van der Waals surface area contributed by atoms with E-state index in [0.29, 0.717) is 37.3 Å². The first kappa shape index (κ1) is 31.0. The van der Waals surface area contributed by atoms with Gasteiger partial charge in [0.05, 0.1) is 12.6 Å². The predicted molar refractivity (Wildman–Crippen MR) is 158 cm³/mol. The van der Waals surface area contributed by atoms with Crippen molar-refractivity contribution in [3.05, 3.63) is 29.8 Å². The van der Waals surface area contributed by atoms with Crippen LogP contribution in [0.15, 0.2) is 24.3 Å². The molecule has 0 saturated carbocycles. The van der Waals surface area contributed by atoms with Gasteiger partial charge in [0.15, 0.2) is 5.78 Å². The smallest absolute Gasteiger partial charge is 0.252 e. The van der Waals surface area contributed by atoms with Crippen LogP contribution >= 0.6 is 0 Å². The highest BCUT2D eigenvalue weighted by Crippen LogP contribution is 2.32. The molecule has 3 aliphatic heterocycles. The number of hydrogen-bond acceptors (Lipinski definition) is 7. The van der Waals surface area contributed by atoms with Crippen LogP contribution in [-0.2, 0) is 19.1 Å². The van der Waals surface area contributed by atoms with E-state index >= 15 is 0 Å². The lowest BCUT2D eigenvalue weighted by atomic mass is 10.0. The molecule has 3 aliphatic rings. The Bertz CT molecular complexity index is 1080. The molecule has 10 heteroatoms. The third-order valence-corrected chi connectivity index (χ3v) is 8.48. The third kappa shape index (κ3) is 7.27. The van der Waals surface area contributed by atoms with Crippen molar-refractivity contribution in [1.82, 2.24) is 20.4 Å². The summed E-state index contributed by atoms with van der Waals surface area (Å²) in [6.45, 7) is 12.3. The van der Waals surface area contributed by atoms with Gasteiger partial charge in [-0.1, -0.05) is 27.7 Å². The lowest BCUT2D eigenvalue weighted by molar-refractivity contribution is -0.144. The van der Waals surface area contributed by atoms with Crippen LogP contribution < -0.4 is 15.5 Å². The Balaban J connectivity index is 1.43. The summed E-state index contributed by atoms with van der Waals surface area (Å²) in [6, 6.07) is 5.69. The van der Waals surface area contributed by atoms with Crippen molar-refractivity contribution in [2.45, 2.75) is 77.6 Å². The van der Waals surface area contributed by atoms with Gasteiger partial charge in [-0.15, -0.1) is 0 Å². The van der Waals surface area contributed by atoms with Gasteiger partial charge in [0.1, 0.15) is 18.2 Å². The molecule has 4 rings (SSSR count). The highest BCUT2D eigenvalue weighted by Gasteiger charge is 2.53. The molecule has 0 spiro atoms. The minimum Gasteiger partial charge on any atom is -0.372 e. The van der Waals surface area contributed by atoms with E-state index in [1.165, 1.54) is 7.11 Å². The third-order valence-electron chi connectivity index (χ3n) is 8.48. The minimum atomic E-state index is -0.760. The van der Waals surface area contributed by atoms with Gasteiger partial charge in [0.2, 0.25) is 5.91 Å². The molecule has 1 aromatic rings. The van der Waals surface area contributed by atoms with Gasteiger partial charge in [0.25, 0.3) is 11.8 Å². The molecule has 0 aliphatic carbocycles. The molecule has 4 atom stereocenters. The maximum atomic E-state index is 13.9. The van der Waals surface area contributed by atoms with Gasteiger partial charge in [-0.2, -0.15) is 0 Å². The molecular formula is C31H47N5O5. The summed E-state index contributed by atoms with van der Waals surface area (Å²) in [4.78, 5) is 59.1. The molecule has 3 fully saturated rings. The van der Waals surface area contributed by atoms with Crippen LogP contribution in [0.5, 0.6) is 0 Å². The zero-order chi connectivity index (χ0) is 29.7. The van der Waals surface area contributed by atoms with Crippen molar-refractivity contribution < 1.29 is 23.9 Å². The van der Waals surface area contributed by atoms with Crippen LogP contribution in [-0.4, -0.2) is 104 Å². The predicted octanol–water partition coefficient (Wildman–Crippen LogP) is 2.07. The van der Waals surface area contributed by atoms with Gasteiger partial charge in [0, 0.05) is 51.1 Å². The number of rotatable bonds is 11. The van der Waals surface area contributed by atoms with Crippen molar-refractivity contribution in [3.8, 4) is 0 Å². The maximum Gasteiger partial charge on any atom is 0.252 e. The van der Waals surface area contributed by atoms with Gasteiger partial charge >= 0.3 is 0 Å². The number of nitrogens with zero attached hydrogens (tertiary/aromatic N) is 3. The Morgan fingerprint density at radius 3 is 2.24 bits per heavy atom. The normalized spacial score (nSPS) is 22.3. The topological polar surface area (TPSA) is 111 Å². The number of benzene rings is 1. The van der Waals surface area contributed by atoms with E-state index in [0.717, 1.165) is 38.3 Å². The number of ketones is 1. The summed E-state index contributed by atoms with van der Waals surface area (Å²) in [7, 11) is 1.53. The van der Waals surface area contributed by atoms with E-state index in [1.807, 2.05) is 26.0 Å². The highest BCUT2D eigenvalue weighted by molar-refractivity contribution is 6.01. The van der Waals surface area contributed by atoms with Gasteiger partial charge in [-0.05, 0) is 61.8 Å². The molecule has 226 valence electrons. The van der Waals surface area contributed by atoms with E-state index in [-0.39, 0.29) is 42.0 Å². The fourth-order valence-corrected chi connectivity index (χ4v) is 6.25. The number of methoxy groups -OCH3 is 1. The van der Waals surface area contributed by atoms with E-state index in [4.69, 9.17) is 4.74 Å². The zero-order valence-corrected chi connectivity index (χ0v) is 25.2. The number of piperazine rings is 1. The number of nitrogens with one attached hydrogen (secondary N) is 2. The van der Waals surface area contributed by atoms with E-state index in [9.17, 15) is 19.2 Å². The maximum absolute atomic E-state index is 13.9. The molecule has 0 aromatic heterocycles. The van der Waals surface area contributed by atoms with Crippen molar-refractivity contribution in [1.29, 1.82) is 0 Å². The van der Waals surface area contributed by atoms with Crippen LogP contribution in [0.1, 0.15) is 63.7 Å². The number of hydrogen-bond donors (Lipinski definition) is 2. The fraction of sp³-hybridized carbons (Fsp3) is 0.677. The summed E-state index contributed by atoms with van der Waals surface area (Å²) in [5.74, 6) is -0.299. The average Bonchev–Trinajstić information content (AvgIpc) is 3.54. The van der Waals surface area contributed by atoms with E-state index in [2.05, 4.69) is 29.4 Å². The molecule has 2 N–H and O–H groups in total. The number of fused-ring (bicyclic) bond motifs is 1. The first-order chi connectivity index (χ1) is 19.6. The summed E-state index contributed by atoms with van der Waals surface area (Å²) in [6.07, 6.45) is 1.83. The second kappa shape index (κ2) is 13.8. The van der Waals surface area contributed by atoms with Crippen molar-refractivity contribution in [3.63, 3.8) is 0 Å². The van der Waals surface area contributed by atoms with Gasteiger partial charge < -0.3 is 30.1 Å². The second-order valence-electron chi connectivity index (χ2n) is 12.4. The molecule has 10 nitrogen and oxygen atoms in total. The number of Topliss-reactive ketones (excluding diaryl/α,β-unsaturated/α-hetero) is 1. The van der Waals surface area contributed by atoms with Gasteiger partial charge in [-0.25, -0.2) is 0 Å². The Morgan fingerprint density at radius 2 is 1.63 bits per heavy atom. The number of carbonyl (C=O) groups excluding carboxylic acids is 4. The fourth-order valence-electron chi connectivity index (χ4n) is 6.25. The number of amides is 3. The standard InChI is InChI=1S/C31H47N5O5/c1-20(2)6-11-27(41-5)31(40)36-19-26(37)28-25(36)12-15-35(28)30(39)24(18-21(3)4)33-29(38)22-7-9-23(10-8-22)34-16-13-32-14-17-34/h7-10,20-21,24-25,27-28,32H,6,11-19H2,1-5H3,(H,33,38). The molecule has 4 unspecified atom stereocenters. The Hall–Kier alpha value is -2.98. The first-order valence-corrected chi connectivity index (χ1v) is 15.1. The molecule has 0 radical (unpaired) electrons. The number of likely N-dealkylation sites (tertiary alicyclic amines) is 2. The quantitative estimate of drug-likeness (QED) is 0.420. The van der Waals surface area contributed by atoms with Crippen LogP contribution in [0, 0.1) is 11.8 Å². The summed E-state index contributed by atoms with van der Waals surface area (Å²) < 4.78 is 5.51. The van der Waals surface area contributed by atoms with E-state index in [1.54, 1.807) is 21.9 Å². The Kier molecular flexibility index (Phi) is 10.4. The molecule has 0 bridgehead atoms. The van der Waals surface area contributed by atoms with Gasteiger partial charge in [-0.3, -0.25) is 19.2 Å². The molecule has 41 heavy (non-hydrogen) atoms. The number of ether oxygens (including phenoxy) is 1. The van der Waals surface area contributed by atoms with Crippen molar-refractivity contribution >= 4 is 29.2 Å². The minimum absolute atomic E-state index is 0.0138. The highest BCUT2D eigenvalue weighted by atomic mass is 16.5. The molecular weight excluding hydrogens is 522 g/mol. The lowest BCUT2D eigenvalue weighted by Crippen LogP contribution is -2.53. The SMILES string of the molecule is COC(CCC(C)C)C(=O)N1CC(=O)C2C1CCN2C(=O)C(CC(C)C)NC(=O)c1ccc(N2CCNCC2)cc1. The van der Waals surface area contributed by atoms with Crippen LogP contribution in [0.2, 0.25) is 0 Å². The van der Waals surface area contributed by atoms with Crippen LogP contribution in [0.4, 0.5) is 5.69 Å². The lowest BCUT2D eigenvalue weighted by Gasteiger charge is -2.30. The Labute approximate surface area is 244 Å². The van der Waals surface area contributed by atoms with Crippen molar-refractivity contribution in [2.75, 3.05) is 51.3 Å². The van der Waals surface area contributed by atoms with E-state index < -0.39 is 18.2 Å². The number of carbonyl (C=O) groups is 4. The molecule has 3 heterocycles. The molecule has 1 aromatic carbocycles. The second-order valence-corrected chi connectivity index (χ2v) is 12.4.